The molecule has 106 valence electrons. The molecule has 2 amide bonds. The molecule has 0 spiro atoms. The summed E-state index contributed by atoms with van der Waals surface area (Å²) in [5.41, 5.74) is -0.168. The predicted octanol–water partition coefficient (Wildman–Crippen LogP) is 1.98. The van der Waals surface area contributed by atoms with Crippen molar-refractivity contribution in [3.8, 4) is 0 Å². The van der Waals surface area contributed by atoms with Gasteiger partial charge in [0.15, 0.2) is 0 Å². The summed E-state index contributed by atoms with van der Waals surface area (Å²) in [5.74, 6) is 0.910. The van der Waals surface area contributed by atoms with Crippen LogP contribution in [0.5, 0.6) is 0 Å². The molecule has 0 aromatic rings. The van der Waals surface area contributed by atoms with Gasteiger partial charge in [-0.3, -0.25) is 0 Å². The number of carbonyl (C=O) groups excluding carboxylic acids is 1. The third-order valence-electron chi connectivity index (χ3n) is 3.73. The minimum Gasteiger partial charge on any atom is -0.392 e. The Morgan fingerprint density at radius 1 is 1.56 bits per heavy atom. The van der Waals surface area contributed by atoms with Crippen molar-refractivity contribution in [1.29, 1.82) is 0 Å². The largest absolute Gasteiger partial charge is 0.392 e. The van der Waals surface area contributed by atoms with Gasteiger partial charge in [-0.25, -0.2) is 4.79 Å². The van der Waals surface area contributed by atoms with Crippen molar-refractivity contribution in [2.45, 2.75) is 51.7 Å². The first-order valence-corrected chi connectivity index (χ1v) is 8.08. The summed E-state index contributed by atoms with van der Waals surface area (Å²) in [6.07, 6.45) is 5.79. The van der Waals surface area contributed by atoms with Crippen LogP contribution < -0.4 is 10.6 Å². The second-order valence-corrected chi connectivity index (χ2v) is 6.51. The van der Waals surface area contributed by atoms with Crippen LogP contribution in [0.3, 0.4) is 0 Å². The van der Waals surface area contributed by atoms with E-state index in [0.29, 0.717) is 6.54 Å². The molecular weight excluding hydrogens is 248 g/mol. The van der Waals surface area contributed by atoms with Crippen LogP contribution in [0.15, 0.2) is 0 Å². The Kier molecular flexibility index (Phi) is 6.29. The first kappa shape index (κ1) is 15.6. The van der Waals surface area contributed by atoms with Crippen LogP contribution in [0.25, 0.3) is 0 Å². The van der Waals surface area contributed by atoms with Gasteiger partial charge in [0.1, 0.15) is 0 Å². The number of nitrogens with one attached hydrogen (secondary N) is 2. The fourth-order valence-electron chi connectivity index (χ4n) is 2.44. The Balaban J connectivity index is 2.32. The minimum absolute atomic E-state index is 0.129. The van der Waals surface area contributed by atoms with Crippen LogP contribution in [-0.2, 0) is 0 Å². The number of thioether (sulfide) groups is 1. The summed E-state index contributed by atoms with van der Waals surface area (Å²) in [4.78, 5) is 11.7. The van der Waals surface area contributed by atoms with Crippen molar-refractivity contribution in [2.24, 2.45) is 5.41 Å². The monoisotopic (exact) mass is 274 g/mol. The molecule has 4 nitrogen and oxygen atoms in total. The van der Waals surface area contributed by atoms with Crippen LogP contribution in [-0.4, -0.2) is 41.8 Å². The van der Waals surface area contributed by atoms with Crippen LogP contribution in [0.4, 0.5) is 4.79 Å². The number of hydrogen-bond acceptors (Lipinski definition) is 3. The summed E-state index contributed by atoms with van der Waals surface area (Å²) >= 11 is 1.72. The number of urea groups is 1. The van der Waals surface area contributed by atoms with Gasteiger partial charge in [0, 0.05) is 23.8 Å². The number of aliphatic hydroxyl groups excluding tert-OH is 1. The van der Waals surface area contributed by atoms with E-state index in [1.165, 1.54) is 0 Å². The van der Waals surface area contributed by atoms with Gasteiger partial charge in [-0.1, -0.05) is 19.8 Å². The molecule has 0 radical (unpaired) electrons. The smallest absolute Gasteiger partial charge is 0.315 e. The molecule has 0 aromatic carbocycles. The fraction of sp³-hybridized carbons (Fsp3) is 0.923. The SMILES string of the molecule is CSCC(C)NC(=O)NCC1(C)CCCCC1O. The fourth-order valence-corrected chi connectivity index (χ4v) is 3.02. The van der Waals surface area contributed by atoms with Crippen LogP contribution in [0, 0.1) is 5.41 Å². The lowest BCUT2D eigenvalue weighted by atomic mass is 9.73. The summed E-state index contributed by atoms with van der Waals surface area (Å²) in [6.45, 7) is 4.60. The molecule has 0 saturated heterocycles. The van der Waals surface area contributed by atoms with Crippen LogP contribution in [0.2, 0.25) is 0 Å². The molecular formula is C13H26N2O2S. The van der Waals surface area contributed by atoms with E-state index in [4.69, 9.17) is 0 Å². The Hall–Kier alpha value is -0.420. The Bertz CT molecular complexity index is 276. The Morgan fingerprint density at radius 3 is 2.89 bits per heavy atom. The van der Waals surface area contributed by atoms with Gasteiger partial charge >= 0.3 is 6.03 Å². The number of amides is 2. The van der Waals surface area contributed by atoms with Gasteiger partial charge in [-0.15, -0.1) is 0 Å². The van der Waals surface area contributed by atoms with Crippen molar-refractivity contribution in [1.82, 2.24) is 10.6 Å². The maximum Gasteiger partial charge on any atom is 0.315 e. The molecule has 1 aliphatic carbocycles. The molecule has 0 bridgehead atoms. The molecule has 3 unspecified atom stereocenters. The molecule has 3 atom stereocenters. The molecule has 1 rings (SSSR count). The number of rotatable bonds is 5. The second-order valence-electron chi connectivity index (χ2n) is 5.60. The van der Waals surface area contributed by atoms with Crippen molar-refractivity contribution in [2.75, 3.05) is 18.6 Å². The standard InChI is InChI=1S/C13H26N2O2S/c1-10(8-18-3)15-12(17)14-9-13(2)7-5-4-6-11(13)16/h10-11,16H,4-9H2,1-3H3,(H2,14,15,17). The highest BCUT2D eigenvalue weighted by atomic mass is 32.2. The maximum atomic E-state index is 11.7. The zero-order chi connectivity index (χ0) is 13.6. The van der Waals surface area contributed by atoms with E-state index in [2.05, 4.69) is 17.6 Å². The molecule has 0 heterocycles. The third-order valence-corrected chi connectivity index (χ3v) is 4.56. The lowest BCUT2D eigenvalue weighted by Crippen LogP contribution is -2.49. The highest BCUT2D eigenvalue weighted by Gasteiger charge is 2.35. The highest BCUT2D eigenvalue weighted by molar-refractivity contribution is 7.98. The number of hydrogen-bond donors (Lipinski definition) is 3. The summed E-state index contributed by atoms with van der Waals surface area (Å²) in [5, 5.41) is 15.8. The van der Waals surface area contributed by atoms with Crippen molar-refractivity contribution >= 4 is 17.8 Å². The lowest BCUT2D eigenvalue weighted by Gasteiger charge is -2.38. The third kappa shape index (κ3) is 4.69. The topological polar surface area (TPSA) is 61.4 Å². The van der Waals surface area contributed by atoms with Crippen molar-refractivity contribution < 1.29 is 9.90 Å². The summed E-state index contributed by atoms with van der Waals surface area (Å²) in [6, 6.07) is 0.0413. The zero-order valence-corrected chi connectivity index (χ0v) is 12.5. The lowest BCUT2D eigenvalue weighted by molar-refractivity contribution is 0.00307. The molecule has 0 aromatic heterocycles. The van der Waals surface area contributed by atoms with Gasteiger partial charge in [0.2, 0.25) is 0 Å². The highest BCUT2D eigenvalue weighted by Crippen LogP contribution is 2.35. The molecule has 3 N–H and O–H groups in total. The van der Waals surface area contributed by atoms with Crippen LogP contribution >= 0.6 is 11.8 Å². The van der Waals surface area contributed by atoms with E-state index in [1.807, 2.05) is 13.2 Å². The molecule has 1 aliphatic rings. The zero-order valence-electron chi connectivity index (χ0n) is 11.7. The van der Waals surface area contributed by atoms with Gasteiger partial charge < -0.3 is 15.7 Å². The van der Waals surface area contributed by atoms with E-state index in [9.17, 15) is 9.90 Å². The first-order chi connectivity index (χ1) is 8.48. The maximum absolute atomic E-state index is 11.7. The van der Waals surface area contributed by atoms with E-state index < -0.39 is 0 Å². The van der Waals surface area contributed by atoms with E-state index in [-0.39, 0.29) is 23.6 Å². The quantitative estimate of drug-likeness (QED) is 0.718. The van der Waals surface area contributed by atoms with Crippen LogP contribution in [0.1, 0.15) is 39.5 Å². The number of aliphatic hydroxyl groups is 1. The molecule has 1 fully saturated rings. The van der Waals surface area contributed by atoms with E-state index in [1.54, 1.807) is 11.8 Å². The molecule has 0 aliphatic heterocycles. The van der Waals surface area contributed by atoms with Gasteiger partial charge in [0.25, 0.3) is 0 Å². The summed E-state index contributed by atoms with van der Waals surface area (Å²) in [7, 11) is 0. The Labute approximate surface area is 114 Å². The predicted molar refractivity (Wildman–Crippen MR) is 77.0 cm³/mol. The molecule has 5 heteroatoms. The normalized spacial score (nSPS) is 29.7. The average Bonchev–Trinajstić information content (AvgIpc) is 2.31. The number of carbonyl (C=O) groups is 1. The molecule has 18 heavy (non-hydrogen) atoms. The molecule has 1 saturated carbocycles. The summed E-state index contributed by atoms with van der Waals surface area (Å²) < 4.78 is 0. The van der Waals surface area contributed by atoms with Gasteiger partial charge in [-0.2, -0.15) is 11.8 Å². The average molecular weight is 274 g/mol. The van der Waals surface area contributed by atoms with Gasteiger partial charge in [-0.05, 0) is 26.0 Å². The van der Waals surface area contributed by atoms with Crippen molar-refractivity contribution in [3.63, 3.8) is 0 Å². The van der Waals surface area contributed by atoms with Gasteiger partial charge in [0.05, 0.1) is 6.10 Å². The first-order valence-electron chi connectivity index (χ1n) is 6.69. The van der Waals surface area contributed by atoms with E-state index in [0.717, 1.165) is 31.4 Å². The minimum atomic E-state index is -0.296. The Morgan fingerprint density at radius 2 is 2.28 bits per heavy atom. The second kappa shape index (κ2) is 7.24. The van der Waals surface area contributed by atoms with E-state index >= 15 is 0 Å². The van der Waals surface area contributed by atoms with Crippen molar-refractivity contribution in [3.05, 3.63) is 0 Å².